The first kappa shape index (κ1) is 14.0. The van der Waals surface area contributed by atoms with Crippen LogP contribution < -0.4 is 10.9 Å². The maximum absolute atomic E-state index is 11.8. The first-order chi connectivity index (χ1) is 9.08. The van der Waals surface area contributed by atoms with Crippen LogP contribution in [0.25, 0.3) is 0 Å². The zero-order valence-electron chi connectivity index (χ0n) is 9.64. The molecule has 0 bridgehead atoms. The molecule has 19 heavy (non-hydrogen) atoms. The van der Waals surface area contributed by atoms with Gasteiger partial charge in [0, 0.05) is 6.20 Å². The molecular weight excluding hydrogens is 381 g/mol. The molecule has 0 aliphatic carbocycles. The molecule has 0 radical (unpaired) electrons. The highest BCUT2D eigenvalue weighted by molar-refractivity contribution is 14.1. The summed E-state index contributed by atoms with van der Waals surface area (Å²) in [6.07, 6.45) is 2.78. The number of rotatable bonds is 3. The molecular formula is C12H9ClIN3O2. The lowest BCUT2D eigenvalue weighted by atomic mass is 10.3. The topological polar surface area (TPSA) is 64.0 Å². The van der Waals surface area contributed by atoms with Crippen molar-refractivity contribution in [3.63, 3.8) is 0 Å². The summed E-state index contributed by atoms with van der Waals surface area (Å²) in [6, 6.07) is 6.90. The van der Waals surface area contributed by atoms with Gasteiger partial charge in [-0.05, 0) is 34.7 Å². The van der Waals surface area contributed by atoms with Crippen molar-refractivity contribution < 1.29 is 4.79 Å². The Bertz CT molecular complexity index is 672. The summed E-state index contributed by atoms with van der Waals surface area (Å²) in [5, 5.41) is 3.09. The highest BCUT2D eigenvalue weighted by Crippen LogP contribution is 2.20. The average Bonchev–Trinajstić information content (AvgIpc) is 2.38. The molecule has 1 heterocycles. The van der Waals surface area contributed by atoms with Gasteiger partial charge in [0.15, 0.2) is 0 Å². The normalized spacial score (nSPS) is 10.2. The largest absolute Gasteiger partial charge is 0.323 e. The average molecular weight is 390 g/mol. The summed E-state index contributed by atoms with van der Waals surface area (Å²) in [6.45, 7) is -0.103. The summed E-state index contributed by atoms with van der Waals surface area (Å²) in [5.74, 6) is -0.334. The molecule has 2 rings (SSSR count). The molecule has 0 saturated heterocycles. The van der Waals surface area contributed by atoms with E-state index in [0.29, 0.717) is 14.3 Å². The number of hydrogen-bond donors (Lipinski definition) is 1. The van der Waals surface area contributed by atoms with Crippen LogP contribution in [0.1, 0.15) is 0 Å². The van der Waals surface area contributed by atoms with E-state index >= 15 is 0 Å². The Hall–Kier alpha value is -1.41. The predicted molar refractivity (Wildman–Crippen MR) is 81.3 cm³/mol. The molecule has 0 aliphatic heterocycles. The van der Waals surface area contributed by atoms with Crippen molar-refractivity contribution in [1.82, 2.24) is 9.55 Å². The Morgan fingerprint density at radius 2 is 2.16 bits per heavy atom. The van der Waals surface area contributed by atoms with Gasteiger partial charge in [0.1, 0.15) is 6.54 Å². The van der Waals surface area contributed by atoms with E-state index in [1.165, 1.54) is 17.1 Å². The molecule has 5 nitrogen and oxygen atoms in total. The van der Waals surface area contributed by atoms with Gasteiger partial charge in [0.2, 0.25) is 5.91 Å². The zero-order chi connectivity index (χ0) is 13.8. The van der Waals surface area contributed by atoms with Crippen LogP contribution in [0.5, 0.6) is 0 Å². The second kappa shape index (κ2) is 6.16. The van der Waals surface area contributed by atoms with E-state index in [1.54, 1.807) is 24.3 Å². The van der Waals surface area contributed by atoms with Crippen molar-refractivity contribution >= 4 is 45.8 Å². The van der Waals surface area contributed by atoms with E-state index in [4.69, 9.17) is 11.6 Å². The summed E-state index contributed by atoms with van der Waals surface area (Å²) < 4.78 is 1.71. The molecule has 0 aliphatic rings. The molecule has 7 heteroatoms. The Kier molecular flexibility index (Phi) is 4.54. The molecule has 0 fully saturated rings. The van der Waals surface area contributed by atoms with Gasteiger partial charge in [-0.3, -0.25) is 14.2 Å². The van der Waals surface area contributed by atoms with Crippen molar-refractivity contribution in [1.29, 1.82) is 0 Å². The van der Waals surface area contributed by atoms with Crippen LogP contribution in [0.15, 0.2) is 41.6 Å². The van der Waals surface area contributed by atoms with E-state index in [0.717, 1.165) is 0 Å². The number of nitrogens with one attached hydrogen (secondary N) is 1. The Labute approximate surface area is 127 Å². The highest BCUT2D eigenvalue weighted by atomic mass is 127. The fraction of sp³-hybridized carbons (Fsp3) is 0.0833. The first-order valence-corrected chi connectivity index (χ1v) is 6.78. The molecule has 2 aromatic rings. The number of anilines is 1. The van der Waals surface area contributed by atoms with Crippen molar-refractivity contribution in [2.45, 2.75) is 6.54 Å². The number of halogens is 2. The lowest BCUT2D eigenvalue weighted by Crippen LogP contribution is -2.29. The second-order valence-corrected chi connectivity index (χ2v) is 5.27. The van der Waals surface area contributed by atoms with Crippen LogP contribution >= 0.6 is 34.2 Å². The van der Waals surface area contributed by atoms with Gasteiger partial charge in [-0.25, -0.2) is 4.98 Å². The summed E-state index contributed by atoms with van der Waals surface area (Å²) in [5.41, 5.74) is 0.269. The highest BCUT2D eigenvalue weighted by Gasteiger charge is 2.08. The molecule has 1 amide bonds. The van der Waals surface area contributed by atoms with Crippen LogP contribution in [0, 0.1) is 3.57 Å². The van der Waals surface area contributed by atoms with Crippen molar-refractivity contribution in [2.24, 2.45) is 0 Å². The minimum absolute atomic E-state index is 0.103. The standard InChI is InChI=1S/C12H9ClIN3O2/c13-8-3-1-2-4-10(8)16-11(18)6-17-7-15-5-9(14)12(17)19/h1-5,7H,6H2,(H,16,18). The van der Waals surface area contributed by atoms with Gasteiger partial charge in [-0.2, -0.15) is 0 Å². The summed E-state index contributed by atoms with van der Waals surface area (Å²) >= 11 is 7.81. The van der Waals surface area contributed by atoms with Gasteiger partial charge in [-0.15, -0.1) is 0 Å². The maximum Gasteiger partial charge on any atom is 0.267 e. The molecule has 0 saturated carbocycles. The van der Waals surface area contributed by atoms with Gasteiger partial charge in [0.25, 0.3) is 5.56 Å². The van der Waals surface area contributed by atoms with Gasteiger partial charge < -0.3 is 5.32 Å². The fourth-order valence-electron chi connectivity index (χ4n) is 1.44. The molecule has 1 N–H and O–H groups in total. The van der Waals surface area contributed by atoms with E-state index in [9.17, 15) is 9.59 Å². The van der Waals surface area contributed by atoms with Crippen LogP contribution in [-0.2, 0) is 11.3 Å². The molecule has 1 aromatic heterocycles. The minimum Gasteiger partial charge on any atom is -0.323 e. The van der Waals surface area contributed by atoms with Gasteiger partial charge in [-0.1, -0.05) is 23.7 Å². The lowest BCUT2D eigenvalue weighted by Gasteiger charge is -2.08. The third-order valence-electron chi connectivity index (χ3n) is 2.32. The molecule has 0 atom stereocenters. The van der Waals surface area contributed by atoms with Crippen LogP contribution in [0.3, 0.4) is 0 Å². The number of hydrogen-bond acceptors (Lipinski definition) is 3. The van der Waals surface area contributed by atoms with Gasteiger partial charge >= 0.3 is 0 Å². The first-order valence-electron chi connectivity index (χ1n) is 5.32. The SMILES string of the molecule is O=C(Cn1cncc(I)c1=O)Nc1ccccc1Cl. The quantitative estimate of drug-likeness (QED) is 0.818. The Balaban J connectivity index is 2.12. The third-order valence-corrected chi connectivity index (χ3v) is 3.39. The predicted octanol–water partition coefficient (Wildman–Crippen LogP) is 2.14. The van der Waals surface area contributed by atoms with E-state index in [2.05, 4.69) is 10.3 Å². The lowest BCUT2D eigenvalue weighted by molar-refractivity contribution is -0.116. The minimum atomic E-state index is -0.334. The molecule has 0 unspecified atom stereocenters. The number of nitrogens with zero attached hydrogens (tertiary/aromatic N) is 2. The van der Waals surface area contributed by atoms with E-state index in [1.807, 2.05) is 22.6 Å². The Morgan fingerprint density at radius 3 is 2.89 bits per heavy atom. The third kappa shape index (κ3) is 3.54. The number of benzene rings is 1. The molecule has 0 spiro atoms. The van der Waals surface area contributed by atoms with E-state index in [-0.39, 0.29) is 18.0 Å². The van der Waals surface area contributed by atoms with Gasteiger partial charge in [0.05, 0.1) is 20.6 Å². The smallest absolute Gasteiger partial charge is 0.267 e. The summed E-state index contributed by atoms with van der Waals surface area (Å²) in [7, 11) is 0. The van der Waals surface area contributed by atoms with Crippen molar-refractivity contribution in [2.75, 3.05) is 5.32 Å². The summed E-state index contributed by atoms with van der Waals surface area (Å²) in [4.78, 5) is 27.4. The van der Waals surface area contributed by atoms with Crippen molar-refractivity contribution in [3.05, 3.63) is 55.7 Å². The van der Waals surface area contributed by atoms with Crippen LogP contribution in [-0.4, -0.2) is 15.5 Å². The molecule has 98 valence electrons. The van der Waals surface area contributed by atoms with Crippen molar-refractivity contribution in [3.8, 4) is 0 Å². The monoisotopic (exact) mass is 389 g/mol. The van der Waals surface area contributed by atoms with E-state index < -0.39 is 0 Å². The van der Waals surface area contributed by atoms with Crippen LogP contribution in [0.4, 0.5) is 5.69 Å². The zero-order valence-corrected chi connectivity index (χ0v) is 12.6. The number of carbonyl (C=O) groups is 1. The van der Waals surface area contributed by atoms with Crippen LogP contribution in [0.2, 0.25) is 5.02 Å². The maximum atomic E-state index is 11.8. The number of amides is 1. The Morgan fingerprint density at radius 1 is 1.42 bits per heavy atom. The fourth-order valence-corrected chi connectivity index (χ4v) is 2.10. The molecule has 1 aromatic carbocycles. The second-order valence-electron chi connectivity index (χ2n) is 3.70. The number of aromatic nitrogens is 2. The number of para-hydroxylation sites is 1. The number of carbonyl (C=O) groups excluding carboxylic acids is 1.